The van der Waals surface area contributed by atoms with E-state index in [4.69, 9.17) is 4.74 Å². The number of carbonyl (C=O) groups excluding carboxylic acids is 1. The van der Waals surface area contributed by atoms with Crippen LogP contribution in [0.2, 0.25) is 0 Å². The predicted octanol–water partition coefficient (Wildman–Crippen LogP) is 3.15. The summed E-state index contributed by atoms with van der Waals surface area (Å²) in [6, 6.07) is 10.5. The van der Waals surface area contributed by atoms with Crippen LogP contribution in [0.15, 0.2) is 47.4 Å². The van der Waals surface area contributed by atoms with Crippen molar-refractivity contribution in [3.63, 3.8) is 0 Å². The van der Waals surface area contributed by atoms with Crippen LogP contribution < -0.4 is 15.6 Å². The molecule has 1 aromatic heterocycles. The van der Waals surface area contributed by atoms with E-state index in [0.29, 0.717) is 18.7 Å². The highest BCUT2D eigenvalue weighted by atomic mass is 16.5. The molecule has 2 aromatic rings. The smallest absolute Gasteiger partial charge is 0.252 e. The number of amides is 1. The molecule has 0 saturated carbocycles. The number of aromatic nitrogens is 1. The van der Waals surface area contributed by atoms with E-state index in [0.717, 1.165) is 17.7 Å². The maximum Gasteiger partial charge on any atom is 0.252 e. The summed E-state index contributed by atoms with van der Waals surface area (Å²) in [6.07, 6.45) is 2.60. The van der Waals surface area contributed by atoms with Crippen LogP contribution >= 0.6 is 0 Å². The summed E-state index contributed by atoms with van der Waals surface area (Å²) in [5, 5.41) is 2.91. The first-order chi connectivity index (χ1) is 11.5. The van der Waals surface area contributed by atoms with Crippen LogP contribution in [-0.2, 0) is 6.54 Å². The molecule has 24 heavy (non-hydrogen) atoms. The summed E-state index contributed by atoms with van der Waals surface area (Å²) in [5.74, 6) is 0.566. The van der Waals surface area contributed by atoms with Crippen LogP contribution in [0.5, 0.6) is 5.75 Å². The quantitative estimate of drug-likeness (QED) is 0.849. The first kappa shape index (κ1) is 17.8. The lowest BCUT2D eigenvalue weighted by Crippen LogP contribution is -2.28. The van der Waals surface area contributed by atoms with Crippen molar-refractivity contribution in [2.24, 2.45) is 0 Å². The first-order valence-corrected chi connectivity index (χ1v) is 8.29. The minimum Gasteiger partial charge on any atom is -0.494 e. The lowest BCUT2D eigenvalue weighted by Gasteiger charge is -2.15. The fourth-order valence-electron chi connectivity index (χ4n) is 2.35. The van der Waals surface area contributed by atoms with Gasteiger partial charge in [-0.2, -0.15) is 0 Å². The lowest BCUT2D eigenvalue weighted by atomic mass is 10.1. The highest BCUT2D eigenvalue weighted by molar-refractivity contribution is 5.94. The molecular weight excluding hydrogens is 304 g/mol. The molecule has 0 unspecified atom stereocenters. The number of aryl methyl sites for hydroxylation is 1. The SMILES string of the molecule is CCCOc1ccc([C@@H](C)NC(=O)c2ccn(CC)c(=O)c2)cc1. The van der Waals surface area contributed by atoms with Crippen molar-refractivity contribution >= 4 is 5.91 Å². The van der Waals surface area contributed by atoms with Crippen molar-refractivity contribution in [3.8, 4) is 5.75 Å². The van der Waals surface area contributed by atoms with E-state index >= 15 is 0 Å². The number of ether oxygens (including phenoxy) is 1. The number of pyridine rings is 1. The van der Waals surface area contributed by atoms with E-state index < -0.39 is 0 Å². The molecule has 0 aliphatic heterocycles. The summed E-state index contributed by atoms with van der Waals surface area (Å²) in [6.45, 7) is 7.13. The van der Waals surface area contributed by atoms with Gasteiger partial charge in [0.25, 0.3) is 11.5 Å². The molecule has 5 heteroatoms. The van der Waals surface area contributed by atoms with E-state index in [-0.39, 0.29) is 17.5 Å². The van der Waals surface area contributed by atoms with Crippen LogP contribution in [0.1, 0.15) is 49.2 Å². The Morgan fingerprint density at radius 3 is 2.50 bits per heavy atom. The van der Waals surface area contributed by atoms with E-state index in [1.54, 1.807) is 16.8 Å². The highest BCUT2D eigenvalue weighted by Crippen LogP contribution is 2.18. The van der Waals surface area contributed by atoms with Crippen LogP contribution in [0.4, 0.5) is 0 Å². The first-order valence-electron chi connectivity index (χ1n) is 8.29. The second-order valence-corrected chi connectivity index (χ2v) is 5.65. The van der Waals surface area contributed by atoms with Crippen LogP contribution in [0.3, 0.4) is 0 Å². The largest absolute Gasteiger partial charge is 0.494 e. The number of hydrogen-bond acceptors (Lipinski definition) is 3. The average molecular weight is 328 g/mol. The Morgan fingerprint density at radius 2 is 1.92 bits per heavy atom. The zero-order valence-electron chi connectivity index (χ0n) is 14.4. The van der Waals surface area contributed by atoms with Crippen molar-refractivity contribution < 1.29 is 9.53 Å². The number of carbonyl (C=O) groups is 1. The minimum atomic E-state index is -0.255. The molecule has 0 aliphatic rings. The van der Waals surface area contributed by atoms with Gasteiger partial charge in [-0.05, 0) is 44.0 Å². The van der Waals surface area contributed by atoms with Crippen LogP contribution in [0.25, 0.3) is 0 Å². The van der Waals surface area contributed by atoms with Crippen molar-refractivity contribution in [1.29, 1.82) is 0 Å². The molecule has 128 valence electrons. The number of hydrogen-bond donors (Lipinski definition) is 1. The van der Waals surface area contributed by atoms with Gasteiger partial charge in [0.15, 0.2) is 0 Å². The lowest BCUT2D eigenvalue weighted by molar-refractivity contribution is 0.0939. The second-order valence-electron chi connectivity index (χ2n) is 5.65. The zero-order valence-corrected chi connectivity index (χ0v) is 14.4. The molecule has 0 fully saturated rings. The van der Waals surface area contributed by atoms with E-state index in [9.17, 15) is 9.59 Å². The Bertz CT molecular complexity index is 735. The molecule has 2 rings (SSSR count). The molecule has 1 N–H and O–H groups in total. The fourth-order valence-corrected chi connectivity index (χ4v) is 2.35. The molecule has 1 atom stereocenters. The third kappa shape index (κ3) is 4.47. The van der Waals surface area contributed by atoms with Crippen LogP contribution in [-0.4, -0.2) is 17.1 Å². The Kier molecular flexibility index (Phi) is 6.18. The Morgan fingerprint density at radius 1 is 1.21 bits per heavy atom. The summed E-state index contributed by atoms with van der Waals surface area (Å²) in [5.41, 5.74) is 1.18. The van der Waals surface area contributed by atoms with Crippen molar-refractivity contribution in [2.75, 3.05) is 6.61 Å². The molecule has 1 heterocycles. The Balaban J connectivity index is 2.03. The molecule has 0 radical (unpaired) electrons. The topological polar surface area (TPSA) is 60.3 Å². The summed E-state index contributed by atoms with van der Waals surface area (Å²) in [7, 11) is 0. The Labute approximate surface area is 142 Å². The van der Waals surface area contributed by atoms with Gasteiger partial charge in [-0.15, -0.1) is 0 Å². The summed E-state index contributed by atoms with van der Waals surface area (Å²) in [4.78, 5) is 24.1. The molecule has 0 aliphatic carbocycles. The van der Waals surface area contributed by atoms with E-state index in [1.807, 2.05) is 38.1 Å². The van der Waals surface area contributed by atoms with Gasteiger partial charge in [0.2, 0.25) is 0 Å². The van der Waals surface area contributed by atoms with Crippen molar-refractivity contribution in [2.45, 2.75) is 39.8 Å². The number of nitrogens with one attached hydrogen (secondary N) is 1. The zero-order chi connectivity index (χ0) is 17.5. The maximum absolute atomic E-state index is 12.3. The molecule has 1 aromatic carbocycles. The minimum absolute atomic E-state index is 0.161. The van der Waals surface area contributed by atoms with Crippen LogP contribution in [0, 0.1) is 0 Å². The highest BCUT2D eigenvalue weighted by Gasteiger charge is 2.12. The normalized spacial score (nSPS) is 11.8. The van der Waals surface area contributed by atoms with E-state index in [1.165, 1.54) is 6.07 Å². The molecule has 1 amide bonds. The maximum atomic E-state index is 12.3. The molecular formula is C19H24N2O3. The third-order valence-electron chi connectivity index (χ3n) is 3.80. The summed E-state index contributed by atoms with van der Waals surface area (Å²) < 4.78 is 7.10. The summed E-state index contributed by atoms with van der Waals surface area (Å²) >= 11 is 0. The monoisotopic (exact) mass is 328 g/mol. The van der Waals surface area contributed by atoms with Gasteiger partial charge in [-0.1, -0.05) is 19.1 Å². The standard InChI is InChI=1S/C19H24N2O3/c1-4-12-24-17-8-6-15(7-9-17)14(3)20-19(23)16-10-11-21(5-2)18(22)13-16/h6-11,13-14H,4-5,12H2,1-3H3,(H,20,23)/t14-/m1/s1. The number of benzene rings is 1. The van der Waals surface area contributed by atoms with Gasteiger partial charge < -0.3 is 14.6 Å². The van der Waals surface area contributed by atoms with Gasteiger partial charge >= 0.3 is 0 Å². The number of nitrogens with zero attached hydrogens (tertiary/aromatic N) is 1. The van der Waals surface area contributed by atoms with Crippen molar-refractivity contribution in [1.82, 2.24) is 9.88 Å². The molecule has 0 saturated heterocycles. The molecule has 5 nitrogen and oxygen atoms in total. The molecule has 0 bridgehead atoms. The average Bonchev–Trinajstić information content (AvgIpc) is 2.60. The van der Waals surface area contributed by atoms with Gasteiger partial charge in [0.1, 0.15) is 5.75 Å². The second kappa shape index (κ2) is 8.34. The Hall–Kier alpha value is -2.56. The third-order valence-corrected chi connectivity index (χ3v) is 3.80. The van der Waals surface area contributed by atoms with Gasteiger partial charge in [0.05, 0.1) is 12.6 Å². The van der Waals surface area contributed by atoms with Gasteiger partial charge in [-0.3, -0.25) is 9.59 Å². The van der Waals surface area contributed by atoms with E-state index in [2.05, 4.69) is 12.2 Å². The molecule has 0 spiro atoms. The fraction of sp³-hybridized carbons (Fsp3) is 0.368. The number of rotatable bonds is 7. The van der Waals surface area contributed by atoms with Gasteiger partial charge in [0, 0.05) is 24.4 Å². The van der Waals surface area contributed by atoms with Gasteiger partial charge in [-0.25, -0.2) is 0 Å². The predicted molar refractivity (Wildman–Crippen MR) is 94.5 cm³/mol. The van der Waals surface area contributed by atoms with Crippen molar-refractivity contribution in [3.05, 3.63) is 64.1 Å².